The lowest BCUT2D eigenvalue weighted by Crippen LogP contribution is -2.26. The highest BCUT2D eigenvalue weighted by molar-refractivity contribution is 4.80. The van der Waals surface area contributed by atoms with E-state index in [9.17, 15) is 5.11 Å². The summed E-state index contributed by atoms with van der Waals surface area (Å²) in [5.74, 6) is 0. The summed E-state index contributed by atoms with van der Waals surface area (Å²) in [5.41, 5.74) is 0. The predicted molar refractivity (Wildman–Crippen MR) is 73.7 cm³/mol. The first-order valence-electron chi connectivity index (χ1n) is 7.98. The molecular formula is C14H28O6. The van der Waals surface area contributed by atoms with Crippen LogP contribution in [0.3, 0.4) is 0 Å². The van der Waals surface area contributed by atoms with Crippen LogP contribution in [-0.4, -0.2) is 74.3 Å². The molecule has 0 aromatic rings. The molecule has 0 aromatic heterocycles. The van der Waals surface area contributed by atoms with E-state index >= 15 is 0 Å². The summed E-state index contributed by atoms with van der Waals surface area (Å²) in [5, 5.41) is 18.2. The fraction of sp³-hybridized carbons (Fsp3) is 1.00. The second-order valence-electron chi connectivity index (χ2n) is 4.97. The van der Waals surface area contributed by atoms with Crippen LogP contribution in [0.5, 0.6) is 0 Å². The van der Waals surface area contributed by atoms with Crippen LogP contribution in [0.25, 0.3) is 0 Å². The molecule has 2 saturated heterocycles. The van der Waals surface area contributed by atoms with E-state index in [-0.39, 0.29) is 43.5 Å². The van der Waals surface area contributed by atoms with Crippen LogP contribution < -0.4 is 0 Å². The van der Waals surface area contributed by atoms with Gasteiger partial charge in [-0.2, -0.15) is 0 Å². The predicted octanol–water partition coefficient (Wildman–Crippen LogP) is 0.342. The van der Waals surface area contributed by atoms with Crippen molar-refractivity contribution in [2.24, 2.45) is 0 Å². The molecule has 20 heavy (non-hydrogen) atoms. The van der Waals surface area contributed by atoms with Crippen LogP contribution in [0.2, 0.25) is 0 Å². The lowest BCUT2D eigenvalue weighted by molar-refractivity contribution is -0.0302. The highest BCUT2D eigenvalue weighted by Gasteiger charge is 2.32. The van der Waals surface area contributed by atoms with Crippen molar-refractivity contribution in [1.29, 1.82) is 0 Å². The average molecular weight is 294 g/mol. The van der Waals surface area contributed by atoms with Crippen LogP contribution in [0.4, 0.5) is 0 Å². The van der Waals surface area contributed by atoms with E-state index in [1.165, 1.54) is 7.11 Å². The highest BCUT2D eigenvalue weighted by Crippen LogP contribution is 2.21. The van der Waals surface area contributed by atoms with Gasteiger partial charge in [0.25, 0.3) is 0 Å². The maximum Gasteiger partial charge on any atom is 0.107 e. The maximum atomic E-state index is 9.37. The third kappa shape index (κ3) is 5.27. The van der Waals surface area contributed by atoms with E-state index in [0.29, 0.717) is 6.61 Å². The number of aliphatic hydroxyl groups is 2. The fourth-order valence-corrected chi connectivity index (χ4v) is 2.27. The van der Waals surface area contributed by atoms with Gasteiger partial charge in [-0.05, 0) is 13.8 Å². The van der Waals surface area contributed by atoms with E-state index in [1.807, 2.05) is 6.92 Å². The first-order valence-corrected chi connectivity index (χ1v) is 6.83. The van der Waals surface area contributed by atoms with E-state index in [4.69, 9.17) is 26.8 Å². The molecule has 6 heteroatoms. The minimum absolute atomic E-state index is 0.0712. The quantitative estimate of drug-likeness (QED) is 0.779. The van der Waals surface area contributed by atoms with Crippen LogP contribution in [0.15, 0.2) is 0 Å². The van der Waals surface area contributed by atoms with Crippen molar-refractivity contribution in [3.63, 3.8) is 0 Å². The summed E-state index contributed by atoms with van der Waals surface area (Å²) in [6.07, 6.45) is -2.87. The summed E-state index contributed by atoms with van der Waals surface area (Å²) in [6.45, 7) is 3.90. The van der Waals surface area contributed by atoms with Crippen LogP contribution >= 0.6 is 0 Å². The highest BCUT2D eigenvalue weighted by atomic mass is 16.6. The molecule has 0 amide bonds. The monoisotopic (exact) mass is 294 g/mol. The molecule has 2 aliphatic heterocycles. The van der Waals surface area contributed by atoms with Gasteiger partial charge in [0.1, 0.15) is 12.2 Å². The number of ether oxygens (including phenoxy) is 4. The lowest BCUT2D eigenvalue weighted by atomic mass is 10.1. The largest absolute Gasteiger partial charge is 0.394 e. The Labute approximate surface area is 123 Å². The zero-order valence-corrected chi connectivity index (χ0v) is 12.6. The Hall–Kier alpha value is -0.240. The molecule has 8 unspecified atom stereocenters. The third-order valence-corrected chi connectivity index (χ3v) is 3.24. The normalized spacial score (nSPS) is 49.3. The SMILES string of the molecule is [2H]C1C(C)OC(CO)C1OC.[2H]C1C(C)OC(COC)C1O. The lowest BCUT2D eigenvalue weighted by Gasteiger charge is -2.13. The standard InChI is InChI=1S/2C7H14O3/c1-5-3-6(8)7(10-5)4-9-2;1-5-3-6(9-2)7(4-8)10-5/h2*5-8H,3-4H2,1-2H3/i2*3D. The molecule has 8 atom stereocenters. The molecule has 2 aliphatic rings. The van der Waals surface area contributed by atoms with Crippen molar-refractivity contribution >= 4 is 0 Å². The molecule has 0 spiro atoms. The van der Waals surface area contributed by atoms with Crippen molar-refractivity contribution < 1.29 is 31.9 Å². The van der Waals surface area contributed by atoms with Gasteiger partial charge < -0.3 is 29.2 Å². The Morgan fingerprint density at radius 3 is 2.15 bits per heavy atom. The topological polar surface area (TPSA) is 77.4 Å². The Kier molecular flexibility index (Phi) is 6.55. The summed E-state index contributed by atoms with van der Waals surface area (Å²) in [6, 6.07) is 0. The van der Waals surface area contributed by atoms with Crippen molar-refractivity contribution in [2.45, 2.75) is 63.3 Å². The Balaban J connectivity index is 0.000000220. The molecular weight excluding hydrogens is 264 g/mol. The number of hydrogen-bond donors (Lipinski definition) is 2. The number of methoxy groups -OCH3 is 2. The number of aliphatic hydroxyl groups excluding tert-OH is 2. The van der Waals surface area contributed by atoms with Gasteiger partial charge in [-0.1, -0.05) is 0 Å². The maximum absolute atomic E-state index is 9.37. The molecule has 2 N–H and O–H groups in total. The van der Waals surface area contributed by atoms with E-state index < -0.39 is 12.5 Å². The van der Waals surface area contributed by atoms with Gasteiger partial charge in [0, 0.05) is 29.8 Å². The molecule has 0 aliphatic carbocycles. The molecule has 0 bridgehead atoms. The second-order valence-corrected chi connectivity index (χ2v) is 4.97. The van der Waals surface area contributed by atoms with E-state index in [0.717, 1.165) is 0 Å². The van der Waals surface area contributed by atoms with Crippen LogP contribution in [0, 0.1) is 0 Å². The van der Waals surface area contributed by atoms with Crippen LogP contribution in [0.1, 0.15) is 29.4 Å². The van der Waals surface area contributed by atoms with Crippen molar-refractivity contribution in [3.8, 4) is 0 Å². The molecule has 120 valence electrons. The van der Waals surface area contributed by atoms with Gasteiger partial charge in [0.15, 0.2) is 0 Å². The van der Waals surface area contributed by atoms with Gasteiger partial charge in [-0.15, -0.1) is 0 Å². The summed E-state index contributed by atoms with van der Waals surface area (Å²) >= 11 is 0. The molecule has 0 radical (unpaired) electrons. The minimum Gasteiger partial charge on any atom is -0.394 e. The molecule has 0 aromatic carbocycles. The van der Waals surface area contributed by atoms with E-state index in [2.05, 4.69) is 0 Å². The summed E-state index contributed by atoms with van der Waals surface area (Å²) in [4.78, 5) is 0. The first-order chi connectivity index (χ1) is 10.4. The summed E-state index contributed by atoms with van der Waals surface area (Å²) in [7, 11) is 3.09. The molecule has 0 saturated carbocycles. The average Bonchev–Trinajstić information content (AvgIpc) is 2.92. The smallest absolute Gasteiger partial charge is 0.107 e. The molecule has 2 heterocycles. The molecule has 6 nitrogen and oxygen atoms in total. The second kappa shape index (κ2) is 8.92. The van der Waals surface area contributed by atoms with Gasteiger partial charge in [-0.25, -0.2) is 0 Å². The Morgan fingerprint density at radius 2 is 1.75 bits per heavy atom. The van der Waals surface area contributed by atoms with Crippen molar-refractivity contribution in [1.82, 2.24) is 0 Å². The minimum atomic E-state index is -0.704. The van der Waals surface area contributed by atoms with E-state index in [1.54, 1.807) is 14.0 Å². The van der Waals surface area contributed by atoms with Gasteiger partial charge in [0.05, 0.1) is 37.6 Å². The number of rotatable bonds is 4. The van der Waals surface area contributed by atoms with Crippen LogP contribution in [-0.2, 0) is 18.9 Å². The van der Waals surface area contributed by atoms with Gasteiger partial charge in [-0.3, -0.25) is 0 Å². The third-order valence-electron chi connectivity index (χ3n) is 3.24. The first kappa shape index (κ1) is 14.7. The Bertz CT molecular complexity index is 322. The van der Waals surface area contributed by atoms with Gasteiger partial charge in [0.2, 0.25) is 0 Å². The van der Waals surface area contributed by atoms with Crippen molar-refractivity contribution in [3.05, 3.63) is 0 Å². The van der Waals surface area contributed by atoms with Crippen molar-refractivity contribution in [2.75, 3.05) is 27.4 Å². The zero-order chi connectivity index (χ0) is 16.9. The summed E-state index contributed by atoms with van der Waals surface area (Å²) < 4.78 is 35.4. The van der Waals surface area contributed by atoms with Gasteiger partial charge >= 0.3 is 0 Å². The molecule has 2 fully saturated rings. The fourth-order valence-electron chi connectivity index (χ4n) is 2.27. The Morgan fingerprint density at radius 1 is 1.15 bits per heavy atom. The zero-order valence-electron chi connectivity index (χ0n) is 14.6. The molecule has 2 rings (SSSR count). The number of hydrogen-bond acceptors (Lipinski definition) is 6.